The van der Waals surface area contributed by atoms with Crippen molar-refractivity contribution in [3.63, 3.8) is 0 Å². The predicted octanol–water partition coefficient (Wildman–Crippen LogP) is 2.76. The summed E-state index contributed by atoms with van der Waals surface area (Å²) in [5, 5.41) is 0. The molecule has 12 heavy (non-hydrogen) atoms. The van der Waals surface area contributed by atoms with Crippen LogP contribution in [-0.4, -0.2) is 24.5 Å². The highest BCUT2D eigenvalue weighted by Gasteiger charge is 2.20. The van der Waals surface area contributed by atoms with E-state index in [9.17, 15) is 0 Å². The molecule has 0 saturated carbocycles. The summed E-state index contributed by atoms with van der Waals surface area (Å²) in [6.07, 6.45) is 2.83. The molecule has 0 unspecified atom stereocenters. The lowest BCUT2D eigenvalue weighted by Crippen LogP contribution is -2.39. The molecule has 1 aliphatic rings. The lowest BCUT2D eigenvalue weighted by Gasteiger charge is -2.35. The van der Waals surface area contributed by atoms with E-state index in [4.69, 9.17) is 0 Å². The van der Waals surface area contributed by atoms with Crippen LogP contribution in [0, 0.1) is 11.3 Å². The molecule has 0 radical (unpaired) electrons. The number of hydrogen-bond acceptors (Lipinski definition) is 1. The molecule has 1 aliphatic heterocycles. The molecule has 1 nitrogen and oxygen atoms in total. The second-order valence-corrected chi connectivity index (χ2v) is 5.54. The molecular formula is C11H23N. The fraction of sp³-hybridized carbons (Fsp3) is 1.00. The van der Waals surface area contributed by atoms with Gasteiger partial charge in [-0.2, -0.15) is 0 Å². The monoisotopic (exact) mass is 169 g/mol. The Morgan fingerprint density at radius 3 is 2.50 bits per heavy atom. The van der Waals surface area contributed by atoms with Gasteiger partial charge in [-0.25, -0.2) is 0 Å². The van der Waals surface area contributed by atoms with Gasteiger partial charge in [-0.1, -0.05) is 27.7 Å². The Bertz CT molecular complexity index is 134. The molecule has 72 valence electrons. The summed E-state index contributed by atoms with van der Waals surface area (Å²) in [6, 6.07) is 0. The number of nitrogens with zero attached hydrogens (tertiary/aromatic N) is 1. The Kier molecular flexibility index (Phi) is 3.16. The topological polar surface area (TPSA) is 3.24 Å². The first-order valence-electron chi connectivity index (χ1n) is 5.20. The standard InChI is InChI=1S/C11H23N/c1-10-6-5-7-12(8-10)9-11(2,3)4/h10H,5-9H2,1-4H3/t10-/m0/s1. The van der Waals surface area contributed by atoms with Crippen molar-refractivity contribution in [3.8, 4) is 0 Å². The van der Waals surface area contributed by atoms with Crippen LogP contribution in [0.5, 0.6) is 0 Å². The molecule has 0 aliphatic carbocycles. The Morgan fingerprint density at radius 2 is 2.00 bits per heavy atom. The minimum Gasteiger partial charge on any atom is -0.303 e. The molecule has 0 N–H and O–H groups in total. The average Bonchev–Trinajstić information content (AvgIpc) is 1.82. The molecule has 0 bridgehead atoms. The minimum atomic E-state index is 0.469. The largest absolute Gasteiger partial charge is 0.303 e. The molecule has 1 atom stereocenters. The van der Waals surface area contributed by atoms with Gasteiger partial charge in [-0.3, -0.25) is 0 Å². The summed E-state index contributed by atoms with van der Waals surface area (Å²) in [4.78, 5) is 2.62. The SMILES string of the molecule is C[C@H]1CCCN(CC(C)(C)C)C1. The first kappa shape index (κ1) is 10.0. The van der Waals surface area contributed by atoms with Crippen LogP contribution in [0.4, 0.5) is 0 Å². The molecular weight excluding hydrogens is 146 g/mol. The van der Waals surface area contributed by atoms with Gasteiger partial charge >= 0.3 is 0 Å². The van der Waals surface area contributed by atoms with Crippen molar-refractivity contribution in [2.45, 2.75) is 40.5 Å². The minimum absolute atomic E-state index is 0.469. The third kappa shape index (κ3) is 3.57. The van der Waals surface area contributed by atoms with Crippen LogP contribution in [0.25, 0.3) is 0 Å². The molecule has 1 rings (SSSR count). The number of likely N-dealkylation sites (tertiary alicyclic amines) is 1. The van der Waals surface area contributed by atoms with Gasteiger partial charge in [0, 0.05) is 13.1 Å². The highest BCUT2D eigenvalue weighted by molar-refractivity contribution is 4.74. The molecule has 0 aromatic carbocycles. The van der Waals surface area contributed by atoms with Crippen LogP contribution in [0.3, 0.4) is 0 Å². The molecule has 0 aromatic rings. The Balaban J connectivity index is 2.32. The molecule has 1 saturated heterocycles. The predicted molar refractivity (Wildman–Crippen MR) is 54.3 cm³/mol. The normalized spacial score (nSPS) is 27.5. The fourth-order valence-corrected chi connectivity index (χ4v) is 2.10. The third-order valence-electron chi connectivity index (χ3n) is 2.44. The molecule has 1 fully saturated rings. The van der Waals surface area contributed by atoms with E-state index in [1.165, 1.54) is 32.5 Å². The maximum atomic E-state index is 2.62. The van der Waals surface area contributed by atoms with Crippen molar-refractivity contribution in [2.24, 2.45) is 11.3 Å². The zero-order valence-electron chi connectivity index (χ0n) is 9.06. The number of rotatable bonds is 1. The molecule has 1 heterocycles. The van der Waals surface area contributed by atoms with Gasteiger partial charge in [0.2, 0.25) is 0 Å². The maximum absolute atomic E-state index is 2.62. The van der Waals surface area contributed by atoms with E-state index < -0.39 is 0 Å². The van der Waals surface area contributed by atoms with Crippen molar-refractivity contribution >= 4 is 0 Å². The number of piperidine rings is 1. The molecule has 0 spiro atoms. The smallest absolute Gasteiger partial charge is 0.00302 e. The first-order chi connectivity index (χ1) is 5.47. The lowest BCUT2D eigenvalue weighted by molar-refractivity contribution is 0.134. The van der Waals surface area contributed by atoms with Gasteiger partial charge in [0.15, 0.2) is 0 Å². The van der Waals surface area contributed by atoms with Crippen LogP contribution in [0.1, 0.15) is 40.5 Å². The van der Waals surface area contributed by atoms with E-state index in [0.29, 0.717) is 5.41 Å². The maximum Gasteiger partial charge on any atom is 0.00302 e. The van der Waals surface area contributed by atoms with E-state index in [2.05, 4.69) is 32.6 Å². The van der Waals surface area contributed by atoms with Crippen molar-refractivity contribution in [1.29, 1.82) is 0 Å². The third-order valence-corrected chi connectivity index (χ3v) is 2.44. The summed E-state index contributed by atoms with van der Waals surface area (Å²) in [6.45, 7) is 13.2. The van der Waals surface area contributed by atoms with E-state index in [1.807, 2.05) is 0 Å². The van der Waals surface area contributed by atoms with Gasteiger partial charge in [0.05, 0.1) is 0 Å². The zero-order chi connectivity index (χ0) is 9.19. The van der Waals surface area contributed by atoms with Crippen molar-refractivity contribution < 1.29 is 0 Å². The summed E-state index contributed by atoms with van der Waals surface area (Å²) < 4.78 is 0. The van der Waals surface area contributed by atoms with Crippen LogP contribution in [0.2, 0.25) is 0 Å². The number of hydrogen-bond donors (Lipinski definition) is 0. The highest BCUT2D eigenvalue weighted by atomic mass is 15.1. The van der Waals surface area contributed by atoms with Crippen LogP contribution >= 0.6 is 0 Å². The second-order valence-electron chi connectivity index (χ2n) is 5.54. The molecule has 0 aromatic heterocycles. The van der Waals surface area contributed by atoms with Gasteiger partial charge in [-0.05, 0) is 30.7 Å². The van der Waals surface area contributed by atoms with Crippen LogP contribution in [-0.2, 0) is 0 Å². The highest BCUT2D eigenvalue weighted by Crippen LogP contribution is 2.21. The average molecular weight is 169 g/mol. The van der Waals surface area contributed by atoms with Crippen molar-refractivity contribution in [1.82, 2.24) is 4.90 Å². The second kappa shape index (κ2) is 3.78. The first-order valence-corrected chi connectivity index (χ1v) is 5.20. The Hall–Kier alpha value is -0.0400. The van der Waals surface area contributed by atoms with Gasteiger partial charge < -0.3 is 4.90 Å². The van der Waals surface area contributed by atoms with Gasteiger partial charge in [-0.15, -0.1) is 0 Å². The molecule has 1 heteroatoms. The van der Waals surface area contributed by atoms with Gasteiger partial charge in [0.25, 0.3) is 0 Å². The van der Waals surface area contributed by atoms with Crippen LogP contribution in [0.15, 0.2) is 0 Å². The van der Waals surface area contributed by atoms with Crippen molar-refractivity contribution in [2.75, 3.05) is 19.6 Å². The summed E-state index contributed by atoms with van der Waals surface area (Å²) >= 11 is 0. The van der Waals surface area contributed by atoms with E-state index in [-0.39, 0.29) is 0 Å². The van der Waals surface area contributed by atoms with Crippen molar-refractivity contribution in [3.05, 3.63) is 0 Å². The van der Waals surface area contributed by atoms with Crippen LogP contribution < -0.4 is 0 Å². The lowest BCUT2D eigenvalue weighted by atomic mass is 9.93. The summed E-state index contributed by atoms with van der Waals surface area (Å²) in [5.74, 6) is 0.918. The van der Waals surface area contributed by atoms with E-state index in [0.717, 1.165) is 5.92 Å². The summed E-state index contributed by atoms with van der Waals surface area (Å²) in [7, 11) is 0. The Labute approximate surface area is 77.1 Å². The molecule has 0 amide bonds. The van der Waals surface area contributed by atoms with E-state index >= 15 is 0 Å². The summed E-state index contributed by atoms with van der Waals surface area (Å²) in [5.41, 5.74) is 0.469. The quantitative estimate of drug-likeness (QED) is 0.583. The Morgan fingerprint density at radius 1 is 1.33 bits per heavy atom. The van der Waals surface area contributed by atoms with Gasteiger partial charge in [0.1, 0.15) is 0 Å². The fourth-order valence-electron chi connectivity index (χ4n) is 2.10. The zero-order valence-corrected chi connectivity index (χ0v) is 9.06. The van der Waals surface area contributed by atoms with E-state index in [1.54, 1.807) is 0 Å².